The Labute approximate surface area is 333 Å². The second-order valence-electron chi connectivity index (χ2n) is 14.9. The number of hydrogen-bond donors (Lipinski definition) is 0. The van der Waals surface area contributed by atoms with Gasteiger partial charge in [-0.05, 0) is 80.4 Å². The van der Waals surface area contributed by atoms with Crippen LogP contribution in [0.4, 0.5) is 0 Å². The highest BCUT2D eigenvalue weighted by Crippen LogP contribution is 2.38. The van der Waals surface area contributed by atoms with Crippen LogP contribution in [0, 0.1) is 0 Å². The molecular formula is C54H38N2Si. The third-order valence-corrected chi connectivity index (χ3v) is 16.6. The molecule has 0 aliphatic rings. The van der Waals surface area contributed by atoms with Gasteiger partial charge in [0.05, 0.1) is 22.1 Å². The van der Waals surface area contributed by atoms with Crippen molar-refractivity contribution in [2.75, 3.05) is 0 Å². The minimum absolute atomic E-state index is 1.15. The molecule has 0 spiro atoms. The molecule has 0 atom stereocenters. The molecule has 0 saturated carbocycles. The Balaban J connectivity index is 1.14. The summed E-state index contributed by atoms with van der Waals surface area (Å²) in [6, 6.07) is 85.2. The molecule has 0 aliphatic heterocycles. The van der Waals surface area contributed by atoms with Gasteiger partial charge in [-0.25, -0.2) is 0 Å². The lowest BCUT2D eigenvalue weighted by Gasteiger charge is -2.34. The Kier molecular flexibility index (Phi) is 7.87. The van der Waals surface area contributed by atoms with Crippen molar-refractivity contribution >= 4 is 72.4 Å². The lowest BCUT2D eigenvalue weighted by Crippen LogP contribution is -2.74. The topological polar surface area (TPSA) is 9.86 Å². The van der Waals surface area contributed by atoms with Gasteiger partial charge in [-0.15, -0.1) is 0 Å². The zero-order chi connectivity index (χ0) is 37.8. The number of para-hydroxylation sites is 2. The summed E-state index contributed by atoms with van der Waals surface area (Å²) in [5.74, 6) is 0. The van der Waals surface area contributed by atoms with Crippen molar-refractivity contribution in [3.8, 4) is 22.5 Å². The first-order chi connectivity index (χ1) is 28.3. The van der Waals surface area contributed by atoms with Gasteiger partial charge in [0.2, 0.25) is 0 Å². The number of hydrogen-bond acceptors (Lipinski definition) is 0. The smallest absolute Gasteiger partial charge is 0.179 e. The average molecular weight is 743 g/mol. The number of aromatic nitrogens is 2. The molecule has 11 aromatic rings. The Morgan fingerprint density at radius 3 is 1.32 bits per heavy atom. The van der Waals surface area contributed by atoms with Gasteiger partial charge >= 0.3 is 0 Å². The van der Waals surface area contributed by atoms with E-state index in [0.29, 0.717) is 0 Å². The summed E-state index contributed by atoms with van der Waals surface area (Å²) in [7, 11) is -2.72. The number of nitrogens with zero attached hydrogens (tertiary/aromatic N) is 2. The van der Waals surface area contributed by atoms with E-state index >= 15 is 0 Å². The molecular weight excluding hydrogens is 705 g/mol. The van der Waals surface area contributed by atoms with Crippen LogP contribution in [0.3, 0.4) is 0 Å². The standard InChI is InChI=1S/C54H38N2Si/c1-5-18-39(19-6-1)40-32-34-49-47-28-13-15-30-51(47)56(54(49)36-40)42-33-35-53-50(38-42)48-29-14-16-31-52(48)55(53)41-20-17-27-46(37-41)57(43-21-7-2-8-22-43,44-23-9-3-10-24-44)45-25-11-4-12-26-45/h1-38H. The molecule has 9 aromatic carbocycles. The molecule has 3 heteroatoms. The van der Waals surface area contributed by atoms with Crippen LogP contribution in [0.25, 0.3) is 66.1 Å². The van der Waals surface area contributed by atoms with E-state index in [1.165, 1.54) is 75.5 Å². The molecule has 0 saturated heterocycles. The molecule has 0 fully saturated rings. The summed E-state index contributed by atoms with van der Waals surface area (Å²) in [6.45, 7) is 0. The van der Waals surface area contributed by atoms with E-state index in [4.69, 9.17) is 0 Å². The van der Waals surface area contributed by atoms with Crippen molar-refractivity contribution in [2.24, 2.45) is 0 Å². The Hall–Kier alpha value is -7.20. The Morgan fingerprint density at radius 2 is 0.702 bits per heavy atom. The van der Waals surface area contributed by atoms with E-state index in [1.54, 1.807) is 0 Å². The van der Waals surface area contributed by atoms with Crippen molar-refractivity contribution in [1.29, 1.82) is 0 Å². The van der Waals surface area contributed by atoms with Gasteiger partial charge in [-0.3, -0.25) is 0 Å². The lowest BCUT2D eigenvalue weighted by molar-refractivity contribution is 1.17. The van der Waals surface area contributed by atoms with Crippen LogP contribution < -0.4 is 20.7 Å². The molecule has 0 unspecified atom stereocenters. The van der Waals surface area contributed by atoms with Crippen molar-refractivity contribution in [2.45, 2.75) is 0 Å². The second-order valence-corrected chi connectivity index (χ2v) is 18.7. The minimum atomic E-state index is -2.72. The first-order valence-electron chi connectivity index (χ1n) is 19.7. The SMILES string of the molecule is c1ccc(-c2ccc3c4ccccc4n(-c4ccc5c(c4)c4ccccc4n5-c4cccc([Si](c5ccccc5)(c5ccccc5)c5ccccc5)c4)c3c2)cc1. The summed E-state index contributed by atoms with van der Waals surface area (Å²) in [6.07, 6.45) is 0. The maximum atomic E-state index is 2.47. The molecule has 57 heavy (non-hydrogen) atoms. The second kappa shape index (κ2) is 13.5. The van der Waals surface area contributed by atoms with Gasteiger partial charge < -0.3 is 9.13 Å². The molecule has 268 valence electrons. The van der Waals surface area contributed by atoms with Gasteiger partial charge in [0.25, 0.3) is 0 Å². The molecule has 0 N–H and O–H groups in total. The molecule has 2 nitrogen and oxygen atoms in total. The minimum Gasteiger partial charge on any atom is -0.309 e. The van der Waals surface area contributed by atoms with E-state index in [-0.39, 0.29) is 0 Å². The average Bonchev–Trinajstić information content (AvgIpc) is 3.80. The zero-order valence-electron chi connectivity index (χ0n) is 31.3. The molecule has 2 heterocycles. The van der Waals surface area contributed by atoms with Crippen molar-refractivity contribution < 1.29 is 0 Å². The van der Waals surface area contributed by atoms with Gasteiger partial charge in [0, 0.05) is 32.9 Å². The Bertz CT molecular complexity index is 3120. The van der Waals surface area contributed by atoms with Crippen LogP contribution in [0.2, 0.25) is 0 Å². The van der Waals surface area contributed by atoms with E-state index in [2.05, 4.69) is 240 Å². The predicted molar refractivity (Wildman–Crippen MR) is 244 cm³/mol. The summed E-state index contributed by atoms with van der Waals surface area (Å²) < 4.78 is 4.92. The van der Waals surface area contributed by atoms with Crippen LogP contribution in [0.5, 0.6) is 0 Å². The fraction of sp³-hybridized carbons (Fsp3) is 0. The largest absolute Gasteiger partial charge is 0.309 e. The first kappa shape index (κ1) is 33.2. The molecule has 0 bridgehead atoms. The van der Waals surface area contributed by atoms with Crippen LogP contribution in [-0.4, -0.2) is 17.2 Å². The third-order valence-electron chi connectivity index (χ3n) is 11.9. The van der Waals surface area contributed by atoms with E-state index in [9.17, 15) is 0 Å². The summed E-state index contributed by atoms with van der Waals surface area (Å²) >= 11 is 0. The number of fused-ring (bicyclic) bond motifs is 6. The van der Waals surface area contributed by atoms with Gasteiger partial charge in [0.1, 0.15) is 0 Å². The van der Waals surface area contributed by atoms with Gasteiger partial charge in [-0.2, -0.15) is 0 Å². The number of benzene rings is 9. The van der Waals surface area contributed by atoms with Gasteiger partial charge in [-0.1, -0.05) is 182 Å². The fourth-order valence-electron chi connectivity index (χ4n) is 9.38. The lowest BCUT2D eigenvalue weighted by atomic mass is 10.0. The highest BCUT2D eigenvalue weighted by atomic mass is 28.3. The molecule has 0 radical (unpaired) electrons. The quantitative estimate of drug-likeness (QED) is 0.114. The zero-order valence-corrected chi connectivity index (χ0v) is 32.3. The highest BCUT2D eigenvalue weighted by Gasteiger charge is 2.41. The monoisotopic (exact) mass is 742 g/mol. The highest BCUT2D eigenvalue weighted by molar-refractivity contribution is 7.19. The van der Waals surface area contributed by atoms with E-state index in [1.807, 2.05) is 0 Å². The van der Waals surface area contributed by atoms with Crippen LogP contribution in [0.1, 0.15) is 0 Å². The van der Waals surface area contributed by atoms with Crippen LogP contribution in [0.15, 0.2) is 231 Å². The van der Waals surface area contributed by atoms with E-state index in [0.717, 1.165) is 11.4 Å². The molecule has 0 aliphatic carbocycles. The molecule has 0 amide bonds. The molecule has 2 aromatic heterocycles. The summed E-state index contributed by atoms with van der Waals surface area (Å²) in [5.41, 5.74) is 9.54. The first-order valence-corrected chi connectivity index (χ1v) is 21.7. The van der Waals surface area contributed by atoms with E-state index < -0.39 is 8.07 Å². The summed E-state index contributed by atoms with van der Waals surface area (Å²) in [4.78, 5) is 0. The maximum absolute atomic E-state index is 2.72. The van der Waals surface area contributed by atoms with Crippen molar-refractivity contribution in [1.82, 2.24) is 9.13 Å². The Morgan fingerprint density at radius 1 is 0.246 bits per heavy atom. The maximum Gasteiger partial charge on any atom is 0.179 e. The van der Waals surface area contributed by atoms with Gasteiger partial charge in [0.15, 0.2) is 8.07 Å². The van der Waals surface area contributed by atoms with Crippen molar-refractivity contribution in [3.05, 3.63) is 231 Å². The third kappa shape index (κ3) is 5.24. The number of rotatable bonds is 7. The predicted octanol–water partition coefficient (Wildman–Crippen LogP) is 10.9. The fourth-order valence-corrected chi connectivity index (χ4v) is 14.2. The van der Waals surface area contributed by atoms with Crippen LogP contribution >= 0.6 is 0 Å². The summed E-state index contributed by atoms with van der Waals surface area (Å²) in [5, 5.41) is 10.4. The van der Waals surface area contributed by atoms with Crippen molar-refractivity contribution in [3.63, 3.8) is 0 Å². The molecule has 11 rings (SSSR count). The van der Waals surface area contributed by atoms with Crippen LogP contribution in [-0.2, 0) is 0 Å². The normalized spacial score (nSPS) is 11.9.